The number of urea groups is 1. The summed E-state index contributed by atoms with van der Waals surface area (Å²) < 4.78 is 10.4. The molecule has 3 rings (SSSR count). The predicted molar refractivity (Wildman–Crippen MR) is 104 cm³/mol. The number of carbonyl (C=O) groups is 2. The Morgan fingerprint density at radius 3 is 2.54 bits per heavy atom. The predicted octanol–water partition coefficient (Wildman–Crippen LogP) is 3.38. The Morgan fingerprint density at radius 2 is 1.93 bits per heavy atom. The number of benzene rings is 2. The molecule has 2 aromatic carbocycles. The van der Waals surface area contributed by atoms with Crippen LogP contribution in [0.25, 0.3) is 5.70 Å². The number of phenols is 1. The SMILES string of the molecule is CCOC(=O)C1=C(c2ccc(OC)cc2)NC(=O)NC1c1ccc(O)c(Cl)c1. The van der Waals surface area contributed by atoms with Crippen molar-refractivity contribution in [3.8, 4) is 11.5 Å². The van der Waals surface area contributed by atoms with Gasteiger partial charge in [0.25, 0.3) is 0 Å². The fourth-order valence-electron chi connectivity index (χ4n) is 2.93. The molecule has 1 atom stereocenters. The lowest BCUT2D eigenvalue weighted by atomic mass is 9.92. The van der Waals surface area contributed by atoms with Gasteiger partial charge >= 0.3 is 12.0 Å². The van der Waals surface area contributed by atoms with E-state index in [0.717, 1.165) is 0 Å². The summed E-state index contributed by atoms with van der Waals surface area (Å²) in [5.41, 5.74) is 1.72. The van der Waals surface area contributed by atoms with Gasteiger partial charge < -0.3 is 25.2 Å². The van der Waals surface area contributed by atoms with Crippen molar-refractivity contribution in [2.75, 3.05) is 13.7 Å². The van der Waals surface area contributed by atoms with Gasteiger partial charge in [0.2, 0.25) is 0 Å². The highest BCUT2D eigenvalue weighted by Crippen LogP contribution is 2.35. The number of rotatable bonds is 5. The molecule has 146 valence electrons. The zero-order valence-electron chi connectivity index (χ0n) is 15.3. The van der Waals surface area contributed by atoms with Gasteiger partial charge in [-0.3, -0.25) is 0 Å². The van der Waals surface area contributed by atoms with Crippen LogP contribution in [0.15, 0.2) is 48.0 Å². The van der Waals surface area contributed by atoms with Gasteiger partial charge in [0.1, 0.15) is 11.5 Å². The lowest BCUT2D eigenvalue weighted by Gasteiger charge is -2.29. The monoisotopic (exact) mass is 402 g/mol. The van der Waals surface area contributed by atoms with Gasteiger partial charge in [-0.15, -0.1) is 0 Å². The van der Waals surface area contributed by atoms with E-state index in [4.69, 9.17) is 21.1 Å². The number of carbonyl (C=O) groups excluding carboxylic acids is 2. The summed E-state index contributed by atoms with van der Waals surface area (Å²) in [6.45, 7) is 1.88. The fourth-order valence-corrected chi connectivity index (χ4v) is 3.12. The van der Waals surface area contributed by atoms with Crippen LogP contribution < -0.4 is 15.4 Å². The Hall–Kier alpha value is -3.19. The average Bonchev–Trinajstić information content (AvgIpc) is 2.69. The summed E-state index contributed by atoms with van der Waals surface area (Å²) in [4.78, 5) is 25.1. The molecule has 1 heterocycles. The summed E-state index contributed by atoms with van der Waals surface area (Å²) in [5.74, 6) is -0.0260. The summed E-state index contributed by atoms with van der Waals surface area (Å²) in [5, 5.41) is 15.2. The molecule has 1 aliphatic heterocycles. The maximum atomic E-state index is 12.8. The molecule has 0 aliphatic carbocycles. The highest BCUT2D eigenvalue weighted by atomic mass is 35.5. The van der Waals surface area contributed by atoms with Gasteiger partial charge in [-0.2, -0.15) is 0 Å². The topological polar surface area (TPSA) is 96.9 Å². The number of hydrogen-bond acceptors (Lipinski definition) is 5. The van der Waals surface area contributed by atoms with Gasteiger partial charge in [0.05, 0.1) is 36.1 Å². The van der Waals surface area contributed by atoms with Crippen molar-refractivity contribution in [3.05, 3.63) is 64.2 Å². The van der Waals surface area contributed by atoms with E-state index >= 15 is 0 Å². The number of hydrogen-bond donors (Lipinski definition) is 3. The van der Waals surface area contributed by atoms with Crippen molar-refractivity contribution < 1.29 is 24.2 Å². The second-order valence-electron chi connectivity index (χ2n) is 5.98. The standard InChI is InChI=1S/C20H19ClN2O5/c1-3-28-19(25)16-17(11-4-7-13(27-2)8-5-11)22-20(26)23-18(16)12-6-9-15(24)14(21)10-12/h4-10,18,24H,3H2,1-2H3,(H2,22,23,26). The molecule has 8 heteroatoms. The van der Waals surface area contributed by atoms with Crippen LogP contribution in [-0.2, 0) is 9.53 Å². The molecular weight excluding hydrogens is 384 g/mol. The summed E-state index contributed by atoms with van der Waals surface area (Å²) in [7, 11) is 1.55. The Kier molecular flexibility index (Phi) is 5.75. The molecule has 0 fully saturated rings. The number of amides is 2. The molecule has 0 spiro atoms. The van der Waals surface area contributed by atoms with E-state index in [1.807, 2.05) is 0 Å². The van der Waals surface area contributed by atoms with Crippen LogP contribution in [0.4, 0.5) is 4.79 Å². The highest BCUT2D eigenvalue weighted by Gasteiger charge is 2.34. The van der Waals surface area contributed by atoms with Crippen molar-refractivity contribution in [3.63, 3.8) is 0 Å². The summed E-state index contributed by atoms with van der Waals surface area (Å²) in [6.07, 6.45) is 0. The lowest BCUT2D eigenvalue weighted by molar-refractivity contribution is -0.138. The van der Waals surface area contributed by atoms with Crippen LogP contribution in [0.3, 0.4) is 0 Å². The van der Waals surface area contributed by atoms with Crippen LogP contribution in [0.2, 0.25) is 5.02 Å². The minimum Gasteiger partial charge on any atom is -0.506 e. The lowest BCUT2D eigenvalue weighted by Crippen LogP contribution is -2.45. The number of nitrogens with one attached hydrogen (secondary N) is 2. The molecule has 0 radical (unpaired) electrons. The van der Waals surface area contributed by atoms with Crippen molar-refractivity contribution in [1.29, 1.82) is 0 Å². The number of methoxy groups -OCH3 is 1. The Balaban J connectivity index is 2.17. The molecule has 1 aliphatic rings. The fraction of sp³-hybridized carbons (Fsp3) is 0.200. The number of esters is 1. The molecular formula is C20H19ClN2O5. The van der Waals surface area contributed by atoms with Crippen LogP contribution in [0.1, 0.15) is 24.1 Å². The third-order valence-corrected chi connectivity index (χ3v) is 4.55. The molecule has 2 amide bonds. The number of phenolic OH excluding ortho intramolecular Hbond substituents is 1. The summed E-state index contributed by atoms with van der Waals surface area (Å²) >= 11 is 6.02. The van der Waals surface area contributed by atoms with Gasteiger partial charge in [-0.05, 0) is 54.4 Å². The van der Waals surface area contributed by atoms with E-state index in [1.54, 1.807) is 44.4 Å². The molecule has 28 heavy (non-hydrogen) atoms. The van der Waals surface area contributed by atoms with E-state index in [9.17, 15) is 14.7 Å². The van der Waals surface area contributed by atoms with E-state index < -0.39 is 18.0 Å². The van der Waals surface area contributed by atoms with Gasteiger partial charge in [-0.1, -0.05) is 17.7 Å². The van der Waals surface area contributed by atoms with E-state index in [1.165, 1.54) is 12.1 Å². The Morgan fingerprint density at radius 1 is 1.21 bits per heavy atom. The summed E-state index contributed by atoms with van der Waals surface area (Å²) in [6, 6.07) is 10.1. The van der Waals surface area contributed by atoms with Crippen molar-refractivity contribution in [1.82, 2.24) is 10.6 Å². The van der Waals surface area contributed by atoms with Crippen molar-refractivity contribution in [2.24, 2.45) is 0 Å². The van der Waals surface area contributed by atoms with Crippen molar-refractivity contribution >= 4 is 29.3 Å². The first-order valence-corrected chi connectivity index (χ1v) is 8.94. The molecule has 7 nitrogen and oxygen atoms in total. The van der Waals surface area contributed by atoms with Crippen LogP contribution in [-0.4, -0.2) is 30.8 Å². The van der Waals surface area contributed by atoms with E-state index in [0.29, 0.717) is 22.6 Å². The van der Waals surface area contributed by atoms with Crippen molar-refractivity contribution in [2.45, 2.75) is 13.0 Å². The highest BCUT2D eigenvalue weighted by molar-refractivity contribution is 6.32. The smallest absolute Gasteiger partial charge is 0.338 e. The van der Waals surface area contributed by atoms with Crippen LogP contribution in [0, 0.1) is 0 Å². The minimum atomic E-state index is -0.803. The normalized spacial score (nSPS) is 16.2. The van der Waals surface area contributed by atoms with Gasteiger partial charge in [0, 0.05) is 0 Å². The van der Waals surface area contributed by atoms with E-state index in [2.05, 4.69) is 10.6 Å². The first-order chi connectivity index (χ1) is 13.4. The maximum absolute atomic E-state index is 12.8. The number of aromatic hydroxyl groups is 1. The molecule has 3 N–H and O–H groups in total. The first kappa shape index (κ1) is 19.6. The van der Waals surface area contributed by atoms with Crippen LogP contribution >= 0.6 is 11.6 Å². The number of halogens is 1. The van der Waals surface area contributed by atoms with Gasteiger partial charge in [0.15, 0.2) is 0 Å². The molecule has 0 saturated carbocycles. The second-order valence-corrected chi connectivity index (χ2v) is 6.39. The Labute approximate surface area is 166 Å². The molecule has 0 aromatic heterocycles. The quantitative estimate of drug-likeness (QED) is 0.666. The zero-order chi connectivity index (χ0) is 20.3. The Bertz CT molecular complexity index is 940. The van der Waals surface area contributed by atoms with Crippen LogP contribution in [0.5, 0.6) is 11.5 Å². The average molecular weight is 403 g/mol. The molecule has 0 bridgehead atoms. The maximum Gasteiger partial charge on any atom is 0.338 e. The zero-order valence-corrected chi connectivity index (χ0v) is 16.0. The third-order valence-electron chi connectivity index (χ3n) is 4.25. The largest absolute Gasteiger partial charge is 0.506 e. The molecule has 0 saturated heterocycles. The number of ether oxygens (including phenoxy) is 2. The third kappa shape index (κ3) is 3.89. The second kappa shape index (κ2) is 8.22. The van der Waals surface area contributed by atoms with Gasteiger partial charge in [-0.25, -0.2) is 9.59 Å². The first-order valence-electron chi connectivity index (χ1n) is 8.56. The molecule has 1 unspecified atom stereocenters. The minimum absolute atomic E-state index is 0.0947. The molecule has 2 aromatic rings. The van der Waals surface area contributed by atoms with E-state index in [-0.39, 0.29) is 23.0 Å².